The number of hydrogen-bond acceptors (Lipinski definition) is 3. The molecule has 0 aliphatic carbocycles. The van der Waals surface area contributed by atoms with E-state index in [4.69, 9.17) is 11.6 Å². The van der Waals surface area contributed by atoms with Crippen LogP contribution in [0, 0.1) is 5.82 Å². The highest BCUT2D eigenvalue weighted by Crippen LogP contribution is 2.09. The number of nitrogens with one attached hydrogen (secondary N) is 2. The molecule has 0 saturated carbocycles. The molecule has 2 aromatic carbocycles. The van der Waals surface area contributed by atoms with Gasteiger partial charge in [-0.3, -0.25) is 14.5 Å². The maximum atomic E-state index is 12.8. The molecule has 0 saturated heterocycles. The van der Waals surface area contributed by atoms with Crippen molar-refractivity contribution in [1.82, 2.24) is 10.2 Å². The Bertz CT molecular complexity index is 720. The number of likely N-dealkylation sites (N-methyl/N-ethyl adjacent to an activating group) is 1. The molecular weight excluding hydrogens is 345 g/mol. The lowest BCUT2D eigenvalue weighted by Gasteiger charge is -2.16. The lowest BCUT2D eigenvalue weighted by molar-refractivity contribution is -0.123. The molecule has 2 amide bonds. The van der Waals surface area contributed by atoms with Crippen molar-refractivity contribution < 1.29 is 14.0 Å². The van der Waals surface area contributed by atoms with Crippen LogP contribution in [0.5, 0.6) is 0 Å². The number of anilines is 1. The smallest absolute Gasteiger partial charge is 0.238 e. The molecule has 0 spiro atoms. The third-order valence-electron chi connectivity index (χ3n) is 3.36. The SMILES string of the molecule is CN(CC(=O)NCc1ccc(Cl)cc1)CC(=O)Nc1ccc(F)cc1. The van der Waals surface area contributed by atoms with Crippen molar-refractivity contribution in [1.29, 1.82) is 0 Å². The summed E-state index contributed by atoms with van der Waals surface area (Å²) in [6.07, 6.45) is 0. The zero-order valence-corrected chi connectivity index (χ0v) is 14.5. The number of carbonyl (C=O) groups is 2. The zero-order valence-electron chi connectivity index (χ0n) is 13.8. The summed E-state index contributed by atoms with van der Waals surface area (Å²) in [5.74, 6) is -0.834. The standard InChI is InChI=1S/C18H19ClFN3O2/c1-23(12-18(25)22-16-8-6-15(20)7-9-16)11-17(24)21-10-13-2-4-14(19)5-3-13/h2-9H,10-12H2,1H3,(H,21,24)(H,22,25). The van der Waals surface area contributed by atoms with Crippen LogP contribution in [0.2, 0.25) is 5.02 Å². The van der Waals surface area contributed by atoms with Crippen LogP contribution in [0.25, 0.3) is 0 Å². The van der Waals surface area contributed by atoms with Gasteiger partial charge in [0.05, 0.1) is 13.1 Å². The molecule has 2 aromatic rings. The van der Waals surface area contributed by atoms with E-state index in [-0.39, 0.29) is 30.7 Å². The summed E-state index contributed by atoms with van der Waals surface area (Å²) < 4.78 is 12.8. The normalized spacial score (nSPS) is 10.6. The van der Waals surface area contributed by atoms with Crippen LogP contribution in [0.1, 0.15) is 5.56 Å². The van der Waals surface area contributed by atoms with Gasteiger partial charge >= 0.3 is 0 Å². The molecule has 0 aromatic heterocycles. The number of carbonyl (C=O) groups excluding carboxylic acids is 2. The first-order valence-corrected chi connectivity index (χ1v) is 8.05. The Morgan fingerprint density at radius 1 is 1.00 bits per heavy atom. The summed E-state index contributed by atoms with van der Waals surface area (Å²) in [6, 6.07) is 12.7. The van der Waals surface area contributed by atoms with Gasteiger partial charge in [0.25, 0.3) is 0 Å². The molecule has 0 bridgehead atoms. The van der Waals surface area contributed by atoms with E-state index in [0.29, 0.717) is 17.3 Å². The van der Waals surface area contributed by atoms with Crippen molar-refractivity contribution in [2.45, 2.75) is 6.54 Å². The van der Waals surface area contributed by atoms with Crippen molar-refractivity contribution in [3.8, 4) is 0 Å². The van der Waals surface area contributed by atoms with Gasteiger partial charge in [0, 0.05) is 17.3 Å². The van der Waals surface area contributed by atoms with E-state index < -0.39 is 0 Å². The lowest BCUT2D eigenvalue weighted by Crippen LogP contribution is -2.38. The molecule has 0 atom stereocenters. The summed E-state index contributed by atoms with van der Waals surface area (Å²) in [7, 11) is 1.67. The number of rotatable bonds is 7. The van der Waals surface area contributed by atoms with Crippen molar-refractivity contribution in [3.05, 3.63) is 64.9 Å². The summed E-state index contributed by atoms with van der Waals surface area (Å²) in [5.41, 5.74) is 1.45. The van der Waals surface area contributed by atoms with Gasteiger partial charge in [0.15, 0.2) is 0 Å². The Hall–Kier alpha value is -2.44. The molecule has 132 valence electrons. The molecule has 0 aliphatic heterocycles. The highest BCUT2D eigenvalue weighted by atomic mass is 35.5. The largest absolute Gasteiger partial charge is 0.351 e. The number of halogens is 2. The number of benzene rings is 2. The van der Waals surface area contributed by atoms with Crippen LogP contribution in [0.3, 0.4) is 0 Å². The maximum absolute atomic E-state index is 12.8. The molecule has 5 nitrogen and oxygen atoms in total. The van der Waals surface area contributed by atoms with E-state index in [0.717, 1.165) is 5.56 Å². The first-order chi connectivity index (χ1) is 11.9. The van der Waals surface area contributed by atoms with E-state index in [1.165, 1.54) is 24.3 Å². The topological polar surface area (TPSA) is 61.4 Å². The Labute approximate surface area is 150 Å². The van der Waals surface area contributed by atoms with Crippen LogP contribution >= 0.6 is 11.6 Å². The van der Waals surface area contributed by atoms with Crippen LogP contribution in [0.15, 0.2) is 48.5 Å². The first kappa shape index (κ1) is 18.9. The van der Waals surface area contributed by atoms with Gasteiger partial charge in [0.2, 0.25) is 11.8 Å². The predicted octanol–water partition coefficient (Wildman–Crippen LogP) is 2.67. The zero-order chi connectivity index (χ0) is 18.2. The van der Waals surface area contributed by atoms with Crippen LogP contribution in [-0.4, -0.2) is 36.9 Å². The average Bonchev–Trinajstić information content (AvgIpc) is 2.56. The quantitative estimate of drug-likeness (QED) is 0.795. The minimum Gasteiger partial charge on any atom is -0.351 e. The molecular formula is C18H19ClFN3O2. The molecule has 0 aliphatic rings. The summed E-state index contributed by atoms with van der Waals surface area (Å²) in [6.45, 7) is 0.530. The second kappa shape index (κ2) is 9.15. The lowest BCUT2D eigenvalue weighted by atomic mass is 10.2. The molecule has 0 unspecified atom stereocenters. The van der Waals surface area contributed by atoms with Gasteiger partial charge in [-0.1, -0.05) is 23.7 Å². The minimum atomic E-state index is -0.368. The molecule has 25 heavy (non-hydrogen) atoms. The third-order valence-corrected chi connectivity index (χ3v) is 3.61. The van der Waals surface area contributed by atoms with Gasteiger partial charge in [-0.2, -0.15) is 0 Å². The monoisotopic (exact) mass is 363 g/mol. The third kappa shape index (κ3) is 6.91. The fourth-order valence-corrected chi connectivity index (χ4v) is 2.26. The van der Waals surface area contributed by atoms with E-state index >= 15 is 0 Å². The Balaban J connectivity index is 1.72. The second-order valence-electron chi connectivity index (χ2n) is 5.63. The fraction of sp³-hybridized carbons (Fsp3) is 0.222. The van der Waals surface area contributed by atoms with Gasteiger partial charge < -0.3 is 10.6 Å². The highest BCUT2D eigenvalue weighted by molar-refractivity contribution is 6.30. The summed E-state index contributed by atoms with van der Waals surface area (Å²) in [5, 5.41) is 6.07. The van der Waals surface area contributed by atoms with Crippen LogP contribution in [0.4, 0.5) is 10.1 Å². The van der Waals surface area contributed by atoms with Gasteiger partial charge in [0.1, 0.15) is 5.82 Å². The summed E-state index contributed by atoms with van der Waals surface area (Å²) in [4.78, 5) is 25.4. The van der Waals surface area contributed by atoms with Gasteiger partial charge in [-0.05, 0) is 49.0 Å². The van der Waals surface area contributed by atoms with Gasteiger partial charge in [-0.15, -0.1) is 0 Å². The van der Waals surface area contributed by atoms with E-state index in [9.17, 15) is 14.0 Å². The van der Waals surface area contributed by atoms with E-state index in [2.05, 4.69) is 10.6 Å². The van der Waals surface area contributed by atoms with Crippen molar-refractivity contribution in [3.63, 3.8) is 0 Å². The summed E-state index contributed by atoms with van der Waals surface area (Å²) >= 11 is 5.81. The van der Waals surface area contributed by atoms with Gasteiger partial charge in [-0.25, -0.2) is 4.39 Å². The van der Waals surface area contributed by atoms with Crippen molar-refractivity contribution >= 4 is 29.1 Å². The Morgan fingerprint density at radius 2 is 1.60 bits per heavy atom. The molecule has 2 N–H and O–H groups in total. The van der Waals surface area contributed by atoms with Crippen molar-refractivity contribution in [2.24, 2.45) is 0 Å². The fourth-order valence-electron chi connectivity index (χ4n) is 2.14. The molecule has 7 heteroatoms. The molecule has 0 radical (unpaired) electrons. The highest BCUT2D eigenvalue weighted by Gasteiger charge is 2.11. The number of hydrogen-bond donors (Lipinski definition) is 2. The predicted molar refractivity (Wildman–Crippen MR) is 95.8 cm³/mol. The average molecular weight is 364 g/mol. The first-order valence-electron chi connectivity index (χ1n) is 7.67. The second-order valence-corrected chi connectivity index (χ2v) is 6.07. The molecule has 2 rings (SSSR count). The maximum Gasteiger partial charge on any atom is 0.238 e. The minimum absolute atomic E-state index is 0.0474. The Kier molecular flexibility index (Phi) is 6.91. The van der Waals surface area contributed by atoms with Crippen LogP contribution < -0.4 is 10.6 Å². The molecule has 0 heterocycles. The van der Waals surface area contributed by atoms with Crippen LogP contribution in [-0.2, 0) is 16.1 Å². The number of nitrogens with zero attached hydrogens (tertiary/aromatic N) is 1. The van der Waals surface area contributed by atoms with E-state index in [1.807, 2.05) is 12.1 Å². The molecule has 0 fully saturated rings. The number of amides is 2. The van der Waals surface area contributed by atoms with Crippen molar-refractivity contribution in [2.75, 3.05) is 25.5 Å². The van der Waals surface area contributed by atoms with E-state index in [1.54, 1.807) is 24.1 Å². The Morgan fingerprint density at radius 3 is 2.24 bits per heavy atom.